The zero-order valence-corrected chi connectivity index (χ0v) is 14.1. The van der Waals surface area contributed by atoms with Crippen LogP contribution in [0.2, 0.25) is 0 Å². The highest BCUT2D eigenvalue weighted by Gasteiger charge is 2.39. The van der Waals surface area contributed by atoms with Crippen molar-refractivity contribution in [3.8, 4) is 5.75 Å². The molecular formula is C20H21NO4. The minimum Gasteiger partial charge on any atom is -0.497 e. The minimum absolute atomic E-state index is 0.0317. The maximum atomic E-state index is 11.1. The van der Waals surface area contributed by atoms with Crippen molar-refractivity contribution in [1.29, 1.82) is 0 Å². The number of carboxylic acids is 1. The Morgan fingerprint density at radius 1 is 1.24 bits per heavy atom. The van der Waals surface area contributed by atoms with Gasteiger partial charge >= 0.3 is 5.97 Å². The highest BCUT2D eigenvalue weighted by molar-refractivity contribution is 5.87. The van der Waals surface area contributed by atoms with E-state index in [1.54, 1.807) is 19.2 Å². The molecule has 5 nitrogen and oxygen atoms in total. The van der Waals surface area contributed by atoms with Gasteiger partial charge in [0, 0.05) is 23.8 Å². The fourth-order valence-corrected chi connectivity index (χ4v) is 3.94. The van der Waals surface area contributed by atoms with Crippen molar-refractivity contribution in [3.63, 3.8) is 0 Å². The van der Waals surface area contributed by atoms with Gasteiger partial charge in [-0.2, -0.15) is 0 Å². The smallest absolute Gasteiger partial charge is 0.335 e. The number of methoxy groups -OCH3 is 1. The lowest BCUT2D eigenvalue weighted by atomic mass is 9.77. The van der Waals surface area contributed by atoms with Crippen molar-refractivity contribution in [1.82, 2.24) is 0 Å². The zero-order chi connectivity index (χ0) is 17.4. The van der Waals surface area contributed by atoms with Gasteiger partial charge in [-0.05, 0) is 48.7 Å². The van der Waals surface area contributed by atoms with E-state index in [0.717, 1.165) is 42.0 Å². The van der Waals surface area contributed by atoms with Crippen LogP contribution in [0.15, 0.2) is 42.5 Å². The summed E-state index contributed by atoms with van der Waals surface area (Å²) in [5, 5.41) is 12.7. The first-order chi connectivity index (χ1) is 12.2. The second-order valence-corrected chi connectivity index (χ2v) is 6.60. The van der Waals surface area contributed by atoms with E-state index in [-0.39, 0.29) is 12.1 Å². The number of ether oxygens (including phenoxy) is 2. The predicted octanol–water partition coefficient (Wildman–Crippen LogP) is 4.03. The molecule has 2 aliphatic heterocycles. The standard InChI is InChI=1S/C20H21NO4/c1-24-14-8-9-17-16(11-14)19-15(3-2-10-25-19)18(21-17)12-4-6-13(7-5-12)20(22)23/h4-9,11,15,18-19,21H,2-3,10H2,1H3,(H,22,23)/t15-,18+,19-/m0/s1. The van der Waals surface area contributed by atoms with Crippen molar-refractivity contribution in [2.75, 3.05) is 19.0 Å². The zero-order valence-electron chi connectivity index (χ0n) is 14.1. The molecule has 0 saturated carbocycles. The Morgan fingerprint density at radius 3 is 2.76 bits per heavy atom. The number of fused-ring (bicyclic) bond motifs is 3. The van der Waals surface area contributed by atoms with Crippen molar-refractivity contribution >= 4 is 11.7 Å². The van der Waals surface area contributed by atoms with Gasteiger partial charge in [0.05, 0.1) is 24.8 Å². The molecular weight excluding hydrogens is 318 g/mol. The Hall–Kier alpha value is -2.53. The van der Waals surface area contributed by atoms with Crippen LogP contribution in [0.1, 0.15) is 46.5 Å². The maximum Gasteiger partial charge on any atom is 0.335 e. The SMILES string of the molecule is COc1ccc2c(c1)[C@H]1OCCC[C@H]1[C@@H](c1ccc(C(=O)O)cc1)N2. The minimum atomic E-state index is -0.903. The summed E-state index contributed by atoms with van der Waals surface area (Å²) in [5.41, 5.74) is 3.59. The van der Waals surface area contributed by atoms with Gasteiger partial charge in [0.15, 0.2) is 0 Å². The Bertz CT molecular complexity index is 787. The Morgan fingerprint density at radius 2 is 2.04 bits per heavy atom. The van der Waals surface area contributed by atoms with Crippen LogP contribution < -0.4 is 10.1 Å². The van der Waals surface area contributed by atoms with Gasteiger partial charge in [0.25, 0.3) is 0 Å². The van der Waals surface area contributed by atoms with Crippen molar-refractivity contribution in [2.24, 2.45) is 5.92 Å². The fourth-order valence-electron chi connectivity index (χ4n) is 3.94. The number of nitrogens with one attached hydrogen (secondary N) is 1. The quantitative estimate of drug-likeness (QED) is 0.884. The summed E-state index contributed by atoms with van der Waals surface area (Å²) in [6, 6.07) is 13.3. The fraction of sp³-hybridized carbons (Fsp3) is 0.350. The first-order valence-corrected chi connectivity index (χ1v) is 8.56. The Kier molecular flexibility index (Phi) is 4.09. The molecule has 0 aromatic heterocycles. The molecule has 2 aliphatic rings. The number of carboxylic acid groups (broad SMARTS) is 1. The second kappa shape index (κ2) is 6.41. The van der Waals surface area contributed by atoms with Gasteiger partial charge in [-0.1, -0.05) is 12.1 Å². The van der Waals surface area contributed by atoms with Crippen LogP contribution in [-0.2, 0) is 4.74 Å². The summed E-state index contributed by atoms with van der Waals surface area (Å²) >= 11 is 0. The van der Waals surface area contributed by atoms with E-state index in [9.17, 15) is 4.79 Å². The lowest BCUT2D eigenvalue weighted by Gasteiger charge is -2.43. The van der Waals surface area contributed by atoms with Gasteiger partial charge in [-0.3, -0.25) is 0 Å². The summed E-state index contributed by atoms with van der Waals surface area (Å²) in [6.45, 7) is 0.766. The van der Waals surface area contributed by atoms with Gasteiger partial charge in [-0.15, -0.1) is 0 Å². The van der Waals surface area contributed by atoms with Gasteiger partial charge in [0.2, 0.25) is 0 Å². The number of hydrogen-bond donors (Lipinski definition) is 2. The molecule has 2 aromatic rings. The van der Waals surface area contributed by atoms with Crippen molar-refractivity contribution in [3.05, 3.63) is 59.2 Å². The third kappa shape index (κ3) is 2.85. The van der Waals surface area contributed by atoms with Crippen LogP contribution in [0.5, 0.6) is 5.75 Å². The first kappa shape index (κ1) is 16.0. The van der Waals surface area contributed by atoms with Gasteiger partial charge in [-0.25, -0.2) is 4.79 Å². The summed E-state index contributed by atoms with van der Waals surface area (Å²) < 4.78 is 11.5. The molecule has 0 unspecified atom stereocenters. The normalized spacial score (nSPS) is 24.6. The monoisotopic (exact) mass is 339 g/mol. The molecule has 0 spiro atoms. The third-order valence-electron chi connectivity index (χ3n) is 5.19. The molecule has 5 heteroatoms. The van der Waals surface area contributed by atoms with E-state index >= 15 is 0 Å². The van der Waals surface area contributed by atoms with Crippen LogP contribution in [0.4, 0.5) is 5.69 Å². The van der Waals surface area contributed by atoms with Crippen LogP contribution in [0.25, 0.3) is 0 Å². The van der Waals surface area contributed by atoms with Crippen LogP contribution in [0.3, 0.4) is 0 Å². The van der Waals surface area contributed by atoms with E-state index in [1.807, 2.05) is 24.3 Å². The highest BCUT2D eigenvalue weighted by Crippen LogP contribution is 2.49. The molecule has 130 valence electrons. The number of anilines is 1. The lowest BCUT2D eigenvalue weighted by Crippen LogP contribution is -2.36. The summed E-state index contributed by atoms with van der Waals surface area (Å²) in [6.07, 6.45) is 2.13. The number of carbonyl (C=O) groups is 1. The second-order valence-electron chi connectivity index (χ2n) is 6.60. The summed E-state index contributed by atoms with van der Waals surface area (Å²) in [7, 11) is 1.67. The number of benzene rings is 2. The van der Waals surface area contributed by atoms with Gasteiger partial charge in [0.1, 0.15) is 5.75 Å². The van der Waals surface area contributed by atoms with E-state index in [0.29, 0.717) is 11.5 Å². The average molecular weight is 339 g/mol. The average Bonchev–Trinajstić information content (AvgIpc) is 2.67. The maximum absolute atomic E-state index is 11.1. The molecule has 0 bridgehead atoms. The number of hydrogen-bond acceptors (Lipinski definition) is 4. The van der Waals surface area contributed by atoms with Gasteiger partial charge < -0.3 is 19.9 Å². The van der Waals surface area contributed by atoms with Crippen LogP contribution in [0, 0.1) is 5.92 Å². The van der Waals surface area contributed by atoms with E-state index in [1.165, 1.54) is 0 Å². The Balaban J connectivity index is 1.72. The highest BCUT2D eigenvalue weighted by atomic mass is 16.5. The lowest BCUT2D eigenvalue weighted by molar-refractivity contribution is -0.0382. The Labute approximate surface area is 146 Å². The topological polar surface area (TPSA) is 67.8 Å². The molecule has 0 amide bonds. The number of rotatable bonds is 3. The van der Waals surface area contributed by atoms with E-state index in [2.05, 4.69) is 11.4 Å². The molecule has 4 rings (SSSR count). The van der Waals surface area contributed by atoms with E-state index in [4.69, 9.17) is 14.6 Å². The summed E-state index contributed by atoms with van der Waals surface area (Å²) in [5.74, 6) is 0.237. The van der Waals surface area contributed by atoms with Crippen molar-refractivity contribution < 1.29 is 19.4 Å². The molecule has 0 radical (unpaired) electrons. The molecule has 0 aliphatic carbocycles. The molecule has 3 atom stereocenters. The first-order valence-electron chi connectivity index (χ1n) is 8.56. The van der Waals surface area contributed by atoms with Crippen LogP contribution in [-0.4, -0.2) is 24.8 Å². The van der Waals surface area contributed by atoms with E-state index < -0.39 is 5.97 Å². The van der Waals surface area contributed by atoms with Crippen molar-refractivity contribution in [2.45, 2.75) is 25.0 Å². The molecule has 2 heterocycles. The molecule has 25 heavy (non-hydrogen) atoms. The number of aromatic carboxylic acids is 1. The largest absolute Gasteiger partial charge is 0.497 e. The molecule has 1 saturated heterocycles. The molecule has 2 N–H and O–H groups in total. The predicted molar refractivity (Wildman–Crippen MR) is 94.2 cm³/mol. The molecule has 2 aromatic carbocycles. The third-order valence-corrected chi connectivity index (χ3v) is 5.19. The summed E-state index contributed by atoms with van der Waals surface area (Å²) in [4.78, 5) is 11.1. The van der Waals surface area contributed by atoms with Crippen LogP contribution >= 0.6 is 0 Å². The molecule has 1 fully saturated rings.